The molecule has 0 saturated carbocycles. The highest BCUT2D eigenvalue weighted by molar-refractivity contribution is 9.10. The summed E-state index contributed by atoms with van der Waals surface area (Å²) in [5.74, 6) is 1.27. The van der Waals surface area contributed by atoms with Gasteiger partial charge < -0.3 is 4.90 Å². The molecule has 0 bridgehead atoms. The summed E-state index contributed by atoms with van der Waals surface area (Å²) in [7, 11) is 4.04. The molecule has 0 aliphatic carbocycles. The van der Waals surface area contributed by atoms with Crippen LogP contribution < -0.4 is 10.3 Å². The number of anilines is 2. The highest BCUT2D eigenvalue weighted by Crippen LogP contribution is 2.25. The van der Waals surface area contributed by atoms with Crippen LogP contribution in [0.25, 0.3) is 22.6 Å². The fraction of sp³-hybridized carbons (Fsp3) is 0.0800. The van der Waals surface area contributed by atoms with E-state index in [1.165, 1.54) is 0 Å². The largest absolute Gasteiger partial charge is 0.378 e. The summed E-state index contributed by atoms with van der Waals surface area (Å²) in [4.78, 5) is 11.5. The van der Waals surface area contributed by atoms with Gasteiger partial charge in [-0.15, -0.1) is 0 Å². The lowest BCUT2D eigenvalue weighted by molar-refractivity contribution is 1.13. The van der Waals surface area contributed by atoms with Crippen molar-refractivity contribution in [1.29, 1.82) is 0 Å². The van der Waals surface area contributed by atoms with Crippen LogP contribution in [-0.4, -0.2) is 30.3 Å². The molecule has 0 fully saturated rings. The molecule has 31 heavy (non-hydrogen) atoms. The molecule has 1 N–H and O–H groups in total. The van der Waals surface area contributed by atoms with Gasteiger partial charge >= 0.3 is 0 Å². The maximum atomic E-state index is 4.77. The van der Waals surface area contributed by atoms with Crippen LogP contribution in [0.3, 0.4) is 0 Å². The Labute approximate surface area is 190 Å². The zero-order valence-electron chi connectivity index (χ0n) is 17.3. The second-order valence-corrected chi connectivity index (χ2v) is 8.11. The van der Waals surface area contributed by atoms with Crippen LogP contribution in [0.4, 0.5) is 11.5 Å². The van der Waals surface area contributed by atoms with Gasteiger partial charge in [0.15, 0.2) is 11.6 Å². The Morgan fingerprint density at radius 3 is 2.23 bits per heavy atom. The number of aromatic nitrogens is 2. The van der Waals surface area contributed by atoms with Crippen molar-refractivity contribution in [2.75, 3.05) is 24.4 Å². The van der Waals surface area contributed by atoms with Gasteiger partial charge in [-0.2, -0.15) is 5.10 Å². The molecule has 0 aliphatic rings. The van der Waals surface area contributed by atoms with Crippen LogP contribution in [0, 0.1) is 0 Å². The molecule has 3 aromatic carbocycles. The molecular formula is C25H22BrN5. The van der Waals surface area contributed by atoms with Gasteiger partial charge in [-0.25, -0.2) is 9.97 Å². The van der Waals surface area contributed by atoms with E-state index in [1.54, 1.807) is 6.21 Å². The van der Waals surface area contributed by atoms with E-state index < -0.39 is 0 Å². The van der Waals surface area contributed by atoms with Crippen molar-refractivity contribution >= 4 is 33.6 Å². The zero-order valence-corrected chi connectivity index (χ0v) is 18.9. The normalized spacial score (nSPS) is 10.9. The zero-order chi connectivity index (χ0) is 21.6. The monoisotopic (exact) mass is 471 g/mol. The van der Waals surface area contributed by atoms with Gasteiger partial charge in [-0.05, 0) is 29.8 Å². The van der Waals surface area contributed by atoms with E-state index in [0.29, 0.717) is 11.6 Å². The molecule has 0 atom stereocenters. The van der Waals surface area contributed by atoms with E-state index in [2.05, 4.69) is 48.5 Å². The number of hydrogen-bond donors (Lipinski definition) is 1. The van der Waals surface area contributed by atoms with Crippen molar-refractivity contribution in [3.05, 3.63) is 95.0 Å². The molecule has 0 aliphatic heterocycles. The van der Waals surface area contributed by atoms with Gasteiger partial charge in [-0.3, -0.25) is 5.43 Å². The third-order valence-corrected chi connectivity index (χ3v) is 5.23. The molecule has 4 rings (SSSR count). The van der Waals surface area contributed by atoms with Crippen molar-refractivity contribution in [3.63, 3.8) is 0 Å². The molecule has 6 heteroatoms. The SMILES string of the molecule is CN(C)c1ccc(C=NNc2cc(-c3ccccc3)nc(-c3ccc(Br)cc3)n2)cc1. The predicted molar refractivity (Wildman–Crippen MR) is 133 cm³/mol. The van der Waals surface area contributed by atoms with E-state index in [4.69, 9.17) is 4.98 Å². The van der Waals surface area contributed by atoms with Crippen molar-refractivity contribution < 1.29 is 0 Å². The summed E-state index contributed by atoms with van der Waals surface area (Å²) < 4.78 is 1.01. The lowest BCUT2D eigenvalue weighted by Gasteiger charge is -2.11. The predicted octanol–water partition coefficient (Wildman–Crippen LogP) is 6.09. The fourth-order valence-corrected chi connectivity index (χ4v) is 3.29. The van der Waals surface area contributed by atoms with E-state index >= 15 is 0 Å². The van der Waals surface area contributed by atoms with Gasteiger partial charge in [0.2, 0.25) is 0 Å². The number of nitrogens with zero attached hydrogens (tertiary/aromatic N) is 4. The molecule has 1 aromatic heterocycles. The number of rotatable bonds is 6. The minimum atomic E-state index is 0.632. The van der Waals surface area contributed by atoms with Crippen LogP contribution in [0.15, 0.2) is 94.5 Å². The van der Waals surface area contributed by atoms with Gasteiger partial charge in [0, 0.05) is 41.4 Å². The Morgan fingerprint density at radius 1 is 0.839 bits per heavy atom. The number of halogens is 1. The van der Waals surface area contributed by atoms with Crippen LogP contribution in [0.5, 0.6) is 0 Å². The number of benzene rings is 3. The third-order valence-electron chi connectivity index (χ3n) is 4.70. The Balaban J connectivity index is 1.63. The topological polar surface area (TPSA) is 53.4 Å². The smallest absolute Gasteiger partial charge is 0.162 e. The lowest BCUT2D eigenvalue weighted by atomic mass is 10.1. The Hall–Kier alpha value is -3.51. The molecule has 154 valence electrons. The molecule has 0 radical (unpaired) electrons. The van der Waals surface area contributed by atoms with Crippen LogP contribution in [-0.2, 0) is 0 Å². The summed E-state index contributed by atoms with van der Waals surface area (Å²) in [5.41, 5.74) is 8.00. The van der Waals surface area contributed by atoms with E-state index in [-0.39, 0.29) is 0 Å². The summed E-state index contributed by atoms with van der Waals surface area (Å²) >= 11 is 3.48. The Bertz CT molecular complexity index is 1170. The number of hydrogen-bond acceptors (Lipinski definition) is 5. The first-order valence-electron chi connectivity index (χ1n) is 9.85. The van der Waals surface area contributed by atoms with E-state index in [9.17, 15) is 0 Å². The van der Waals surface area contributed by atoms with Crippen molar-refractivity contribution in [1.82, 2.24) is 9.97 Å². The van der Waals surface area contributed by atoms with Crippen LogP contribution in [0.2, 0.25) is 0 Å². The number of nitrogens with one attached hydrogen (secondary N) is 1. The lowest BCUT2D eigenvalue weighted by Crippen LogP contribution is -2.08. The highest BCUT2D eigenvalue weighted by atomic mass is 79.9. The first-order valence-corrected chi connectivity index (χ1v) is 10.6. The van der Waals surface area contributed by atoms with Crippen molar-refractivity contribution in [3.8, 4) is 22.6 Å². The maximum absolute atomic E-state index is 4.77. The molecule has 5 nitrogen and oxygen atoms in total. The molecule has 4 aromatic rings. The maximum Gasteiger partial charge on any atom is 0.162 e. The summed E-state index contributed by atoms with van der Waals surface area (Å²) in [5, 5.41) is 4.38. The third kappa shape index (κ3) is 5.35. The highest BCUT2D eigenvalue weighted by Gasteiger charge is 2.08. The second-order valence-electron chi connectivity index (χ2n) is 7.19. The molecule has 0 saturated heterocycles. The van der Waals surface area contributed by atoms with Crippen molar-refractivity contribution in [2.45, 2.75) is 0 Å². The standard InChI is InChI=1S/C25H22BrN5/c1-31(2)22-14-8-18(9-15-22)17-27-30-24-16-23(19-6-4-3-5-7-19)28-25(29-24)20-10-12-21(26)13-11-20/h3-17H,1-2H3,(H,28,29,30). The van der Waals surface area contributed by atoms with Crippen LogP contribution in [0.1, 0.15) is 5.56 Å². The first-order chi connectivity index (χ1) is 15.1. The van der Waals surface area contributed by atoms with Gasteiger partial charge in [0.1, 0.15) is 0 Å². The average Bonchev–Trinajstić information content (AvgIpc) is 2.80. The average molecular weight is 472 g/mol. The first kappa shape index (κ1) is 20.8. The van der Waals surface area contributed by atoms with Crippen LogP contribution >= 0.6 is 15.9 Å². The van der Waals surface area contributed by atoms with E-state index in [1.807, 2.05) is 86.9 Å². The summed E-state index contributed by atoms with van der Waals surface area (Å²) in [6.07, 6.45) is 1.78. The molecule has 0 spiro atoms. The van der Waals surface area contributed by atoms with E-state index in [0.717, 1.165) is 32.5 Å². The van der Waals surface area contributed by atoms with Crippen molar-refractivity contribution in [2.24, 2.45) is 5.10 Å². The minimum absolute atomic E-state index is 0.632. The fourth-order valence-electron chi connectivity index (χ4n) is 3.02. The van der Waals surface area contributed by atoms with Gasteiger partial charge in [-0.1, -0.05) is 70.5 Å². The second kappa shape index (κ2) is 9.53. The Morgan fingerprint density at radius 2 is 1.55 bits per heavy atom. The molecule has 1 heterocycles. The molecule has 0 amide bonds. The van der Waals surface area contributed by atoms with Gasteiger partial charge in [0.05, 0.1) is 11.9 Å². The minimum Gasteiger partial charge on any atom is -0.378 e. The summed E-state index contributed by atoms with van der Waals surface area (Å²) in [6.45, 7) is 0. The molecular weight excluding hydrogens is 450 g/mol. The molecule has 0 unspecified atom stereocenters. The van der Waals surface area contributed by atoms with Gasteiger partial charge in [0.25, 0.3) is 0 Å². The summed E-state index contributed by atoms with van der Waals surface area (Å²) in [6, 6.07) is 28.1. The Kier molecular flexibility index (Phi) is 6.38. The quantitative estimate of drug-likeness (QED) is 0.273. The number of hydrazone groups is 1.